The van der Waals surface area contributed by atoms with Crippen molar-refractivity contribution in [2.75, 3.05) is 5.73 Å². The minimum Gasteiger partial charge on any atom is -0.437 e. The Hall–Kier alpha value is -1.68. The topological polar surface area (TPSA) is 53.1 Å². The van der Waals surface area contributed by atoms with Crippen molar-refractivity contribution in [2.24, 2.45) is 0 Å². The lowest BCUT2D eigenvalue weighted by atomic mass is 10.1. The van der Waals surface area contributed by atoms with E-state index in [0.717, 1.165) is 27.6 Å². The number of nitrogens with two attached hydrogens (primary N) is 1. The number of anilines is 1. The Morgan fingerprint density at radius 2 is 1.75 bits per heavy atom. The van der Waals surface area contributed by atoms with Gasteiger partial charge in [-0.3, -0.25) is 0 Å². The Morgan fingerprint density at radius 3 is 2.25 bits per heavy atom. The first-order valence-corrected chi connectivity index (χ1v) is 6.98. The summed E-state index contributed by atoms with van der Waals surface area (Å²) in [5, 5.41) is 5.17. The van der Waals surface area contributed by atoms with Gasteiger partial charge in [0.25, 0.3) is 0 Å². The van der Waals surface area contributed by atoms with E-state index in [1.54, 1.807) is 4.68 Å². The molecule has 5 heteroatoms. The summed E-state index contributed by atoms with van der Waals surface area (Å²) in [6.45, 7) is 9.86. The normalized spacial score (nSPS) is 11.2. The summed E-state index contributed by atoms with van der Waals surface area (Å²) in [5.41, 5.74) is 9.37. The highest BCUT2D eigenvalue weighted by Gasteiger charge is 2.17. The molecule has 20 heavy (non-hydrogen) atoms. The van der Waals surface area contributed by atoms with Crippen LogP contribution in [0, 0.1) is 20.8 Å². The fraction of sp³-hybridized carbons (Fsp3) is 0.400. The first kappa shape index (κ1) is 14.7. The molecule has 0 amide bonds. The SMILES string of the molecule is Cc1cc(Oc2c(N)c(C)nn2C(C)C)cc(C)c1Cl. The molecule has 0 radical (unpaired) electrons. The monoisotopic (exact) mass is 293 g/mol. The average molecular weight is 294 g/mol. The lowest BCUT2D eigenvalue weighted by Gasteiger charge is -2.14. The summed E-state index contributed by atoms with van der Waals surface area (Å²) in [7, 11) is 0. The van der Waals surface area contributed by atoms with E-state index in [2.05, 4.69) is 5.10 Å². The third-order valence-corrected chi connectivity index (χ3v) is 3.80. The number of benzene rings is 1. The van der Waals surface area contributed by atoms with Crippen LogP contribution in [0.25, 0.3) is 0 Å². The zero-order valence-corrected chi connectivity index (χ0v) is 13.2. The van der Waals surface area contributed by atoms with E-state index in [9.17, 15) is 0 Å². The van der Waals surface area contributed by atoms with Crippen LogP contribution in [0.3, 0.4) is 0 Å². The molecule has 0 spiro atoms. The molecule has 108 valence electrons. The van der Waals surface area contributed by atoms with Gasteiger partial charge >= 0.3 is 0 Å². The van der Waals surface area contributed by atoms with Crippen LogP contribution < -0.4 is 10.5 Å². The molecule has 1 aromatic heterocycles. The van der Waals surface area contributed by atoms with Crippen LogP contribution in [-0.2, 0) is 0 Å². The van der Waals surface area contributed by atoms with Crippen LogP contribution in [0.5, 0.6) is 11.6 Å². The number of rotatable bonds is 3. The van der Waals surface area contributed by atoms with Crippen LogP contribution in [0.2, 0.25) is 5.02 Å². The molecule has 2 N–H and O–H groups in total. The number of aryl methyl sites for hydroxylation is 3. The molecule has 4 nitrogen and oxygen atoms in total. The van der Waals surface area contributed by atoms with Gasteiger partial charge in [0.05, 0.1) is 11.7 Å². The number of nitrogen functional groups attached to an aromatic ring is 1. The van der Waals surface area contributed by atoms with Gasteiger partial charge in [0.2, 0.25) is 5.88 Å². The smallest absolute Gasteiger partial charge is 0.241 e. The van der Waals surface area contributed by atoms with E-state index in [1.807, 2.05) is 46.8 Å². The first-order chi connectivity index (χ1) is 9.31. The van der Waals surface area contributed by atoms with Crippen LogP contribution in [0.15, 0.2) is 12.1 Å². The number of ether oxygens (including phenoxy) is 1. The number of hydrogen-bond donors (Lipinski definition) is 1. The van der Waals surface area contributed by atoms with Gasteiger partial charge in [0, 0.05) is 5.02 Å². The standard InChI is InChI=1S/C15H20ClN3O/c1-8(2)19-15(14(17)11(5)18-19)20-12-6-9(3)13(16)10(4)7-12/h6-8H,17H2,1-5H3. The lowest BCUT2D eigenvalue weighted by molar-refractivity contribution is 0.389. The number of aromatic nitrogens is 2. The second-order valence-electron chi connectivity index (χ2n) is 5.32. The third kappa shape index (κ3) is 2.61. The van der Waals surface area contributed by atoms with Crippen molar-refractivity contribution in [1.82, 2.24) is 9.78 Å². The molecule has 0 atom stereocenters. The highest BCUT2D eigenvalue weighted by Crippen LogP contribution is 2.34. The average Bonchev–Trinajstić information content (AvgIpc) is 2.64. The molecule has 2 rings (SSSR count). The quantitative estimate of drug-likeness (QED) is 0.911. The molecule has 0 saturated carbocycles. The molecule has 0 fully saturated rings. The van der Waals surface area contributed by atoms with Crippen LogP contribution >= 0.6 is 11.6 Å². The maximum absolute atomic E-state index is 6.17. The van der Waals surface area contributed by atoms with E-state index in [1.165, 1.54) is 0 Å². The molecule has 0 bridgehead atoms. The predicted molar refractivity (Wildman–Crippen MR) is 82.8 cm³/mol. The Morgan fingerprint density at radius 1 is 1.20 bits per heavy atom. The van der Waals surface area contributed by atoms with Crippen molar-refractivity contribution >= 4 is 17.3 Å². The van der Waals surface area contributed by atoms with E-state index < -0.39 is 0 Å². The van der Waals surface area contributed by atoms with Crippen LogP contribution in [0.4, 0.5) is 5.69 Å². The van der Waals surface area contributed by atoms with Crippen molar-refractivity contribution in [3.8, 4) is 11.6 Å². The van der Waals surface area contributed by atoms with Crippen molar-refractivity contribution in [3.63, 3.8) is 0 Å². The van der Waals surface area contributed by atoms with Gasteiger partial charge in [-0.1, -0.05) is 11.6 Å². The Bertz CT molecular complexity index is 624. The number of nitrogens with zero attached hydrogens (tertiary/aromatic N) is 2. The minimum absolute atomic E-state index is 0.176. The van der Waals surface area contributed by atoms with Crippen molar-refractivity contribution in [1.29, 1.82) is 0 Å². The van der Waals surface area contributed by atoms with E-state index in [-0.39, 0.29) is 6.04 Å². The second-order valence-corrected chi connectivity index (χ2v) is 5.69. The molecule has 0 aliphatic heterocycles. The van der Waals surface area contributed by atoms with Gasteiger partial charge in [-0.2, -0.15) is 5.10 Å². The fourth-order valence-corrected chi connectivity index (χ4v) is 2.18. The van der Waals surface area contributed by atoms with Crippen LogP contribution in [0.1, 0.15) is 36.7 Å². The summed E-state index contributed by atoms with van der Waals surface area (Å²) in [6, 6.07) is 3.99. The lowest BCUT2D eigenvalue weighted by Crippen LogP contribution is -2.05. The highest BCUT2D eigenvalue weighted by molar-refractivity contribution is 6.32. The molecule has 1 heterocycles. The second kappa shape index (κ2) is 5.37. The summed E-state index contributed by atoms with van der Waals surface area (Å²) in [5.74, 6) is 1.30. The molecular formula is C15H20ClN3O. The first-order valence-electron chi connectivity index (χ1n) is 6.60. The fourth-order valence-electron chi connectivity index (χ4n) is 2.07. The number of halogens is 1. The van der Waals surface area contributed by atoms with Crippen LogP contribution in [-0.4, -0.2) is 9.78 Å². The zero-order valence-electron chi connectivity index (χ0n) is 12.5. The van der Waals surface area contributed by atoms with Gasteiger partial charge in [0.1, 0.15) is 11.4 Å². The van der Waals surface area contributed by atoms with E-state index in [4.69, 9.17) is 22.1 Å². The highest BCUT2D eigenvalue weighted by atomic mass is 35.5. The van der Waals surface area contributed by atoms with Gasteiger partial charge in [-0.25, -0.2) is 4.68 Å². The maximum Gasteiger partial charge on any atom is 0.241 e. The Balaban J connectivity index is 2.45. The summed E-state index contributed by atoms with van der Waals surface area (Å²) < 4.78 is 7.75. The third-order valence-electron chi connectivity index (χ3n) is 3.20. The maximum atomic E-state index is 6.17. The Kier molecular flexibility index (Phi) is 3.95. The molecule has 2 aromatic rings. The number of hydrogen-bond acceptors (Lipinski definition) is 3. The van der Waals surface area contributed by atoms with Gasteiger partial charge < -0.3 is 10.5 Å². The van der Waals surface area contributed by atoms with Gasteiger partial charge in [0.15, 0.2) is 0 Å². The molecule has 0 unspecified atom stereocenters. The minimum atomic E-state index is 0.176. The van der Waals surface area contributed by atoms with Gasteiger partial charge in [-0.05, 0) is 57.9 Å². The summed E-state index contributed by atoms with van der Waals surface area (Å²) in [4.78, 5) is 0. The molecule has 0 aliphatic carbocycles. The van der Waals surface area contributed by atoms with E-state index >= 15 is 0 Å². The summed E-state index contributed by atoms with van der Waals surface area (Å²) >= 11 is 6.17. The molecule has 0 saturated heterocycles. The Labute approximate surface area is 124 Å². The van der Waals surface area contributed by atoms with Crippen molar-refractivity contribution in [3.05, 3.63) is 34.0 Å². The molecule has 1 aromatic carbocycles. The van der Waals surface area contributed by atoms with Crippen molar-refractivity contribution in [2.45, 2.75) is 40.7 Å². The molecular weight excluding hydrogens is 274 g/mol. The summed E-state index contributed by atoms with van der Waals surface area (Å²) in [6.07, 6.45) is 0. The zero-order chi connectivity index (χ0) is 15.0. The van der Waals surface area contributed by atoms with Gasteiger partial charge in [-0.15, -0.1) is 0 Å². The molecule has 0 aliphatic rings. The van der Waals surface area contributed by atoms with E-state index in [0.29, 0.717) is 11.6 Å². The predicted octanol–water partition coefficient (Wildman–Crippen LogP) is 4.42. The largest absolute Gasteiger partial charge is 0.437 e. The van der Waals surface area contributed by atoms with Crippen molar-refractivity contribution < 1.29 is 4.74 Å².